The van der Waals surface area contributed by atoms with Crippen LogP contribution in [-0.2, 0) is 34.1 Å². The molecule has 0 aromatic heterocycles. The van der Waals surface area contributed by atoms with Crippen molar-refractivity contribution in [2.45, 2.75) is 70.3 Å². The molecule has 0 radical (unpaired) electrons. The minimum atomic E-state index is -2.79. The van der Waals surface area contributed by atoms with Crippen molar-refractivity contribution in [2.24, 2.45) is 5.92 Å². The van der Waals surface area contributed by atoms with Gasteiger partial charge < -0.3 is 0 Å². The van der Waals surface area contributed by atoms with Crippen molar-refractivity contribution in [3.63, 3.8) is 0 Å². The molecule has 0 N–H and O–H groups in total. The number of benzene rings is 4. The van der Waals surface area contributed by atoms with E-state index in [1.807, 2.05) is 3.28 Å². The van der Waals surface area contributed by atoms with Crippen molar-refractivity contribution >= 4 is 3.21 Å². The summed E-state index contributed by atoms with van der Waals surface area (Å²) in [4.78, 5) is 0. The van der Waals surface area contributed by atoms with E-state index < -0.39 is 21.3 Å². The van der Waals surface area contributed by atoms with Crippen LogP contribution in [0.15, 0.2) is 118 Å². The predicted octanol–water partition coefficient (Wildman–Crippen LogP) is 10.8. The van der Waals surface area contributed by atoms with Gasteiger partial charge in [-0.2, -0.15) is 0 Å². The molecular weight excluding hydrogens is 584 g/mol. The van der Waals surface area contributed by atoms with Crippen molar-refractivity contribution in [3.8, 4) is 11.1 Å². The Bertz CT molecular complexity index is 1590. The zero-order valence-corrected chi connectivity index (χ0v) is 28.5. The second-order valence-corrected chi connectivity index (χ2v) is 17.8. The van der Waals surface area contributed by atoms with Gasteiger partial charge in [-0.3, -0.25) is 0 Å². The number of allylic oxidation sites excluding steroid dienone is 4. The average molecular weight is 628 g/mol. The van der Waals surface area contributed by atoms with Gasteiger partial charge in [0, 0.05) is 0 Å². The molecule has 0 saturated carbocycles. The number of fused-ring (bicyclic) bond motifs is 3. The van der Waals surface area contributed by atoms with Gasteiger partial charge in [0.1, 0.15) is 0 Å². The van der Waals surface area contributed by atoms with Crippen LogP contribution >= 0.6 is 0 Å². The number of aryl methyl sites for hydroxylation is 2. The summed E-state index contributed by atoms with van der Waals surface area (Å²) in [6.07, 6.45) is 8.26. The van der Waals surface area contributed by atoms with Crippen LogP contribution in [0.3, 0.4) is 0 Å². The third kappa shape index (κ3) is 5.13. The molecule has 0 heterocycles. The quantitative estimate of drug-likeness (QED) is 0.173. The third-order valence-electron chi connectivity index (χ3n) is 9.59. The Morgan fingerprint density at radius 1 is 0.595 bits per heavy atom. The Labute approximate surface area is 261 Å². The second kappa shape index (κ2) is 12.8. The van der Waals surface area contributed by atoms with Crippen LogP contribution in [0.4, 0.5) is 0 Å². The minimum absolute atomic E-state index is 0.459. The van der Waals surface area contributed by atoms with Crippen LogP contribution in [0, 0.1) is 5.92 Å². The van der Waals surface area contributed by atoms with E-state index in [2.05, 4.69) is 138 Å². The summed E-state index contributed by atoms with van der Waals surface area (Å²) in [6, 6.07) is 37.7. The van der Waals surface area contributed by atoms with Crippen molar-refractivity contribution in [1.82, 2.24) is 0 Å². The third-order valence-corrected chi connectivity index (χ3v) is 18.4. The SMILES string of the molecule is CCC1=CC(CC)[C]([Zr](=[C](c2ccccc2)c2ccccc2)[CH]2c3cc(CC)ccc3-c3ccc(CC)cc32)=C1CC. The monoisotopic (exact) mass is 626 g/mol. The molecule has 2 aliphatic carbocycles. The van der Waals surface area contributed by atoms with Crippen LogP contribution in [0.1, 0.15) is 90.9 Å². The van der Waals surface area contributed by atoms with Crippen LogP contribution in [-0.4, -0.2) is 3.21 Å². The van der Waals surface area contributed by atoms with E-state index >= 15 is 0 Å². The van der Waals surface area contributed by atoms with E-state index in [0.29, 0.717) is 9.54 Å². The van der Waals surface area contributed by atoms with E-state index in [1.54, 1.807) is 25.5 Å². The molecule has 42 heavy (non-hydrogen) atoms. The molecule has 1 heteroatoms. The molecule has 1 atom stereocenters. The van der Waals surface area contributed by atoms with Gasteiger partial charge in [-0.05, 0) is 0 Å². The number of rotatable bonds is 9. The summed E-state index contributed by atoms with van der Waals surface area (Å²) < 4.78 is 3.98. The fourth-order valence-corrected chi connectivity index (χ4v) is 18.0. The second-order valence-electron chi connectivity index (χ2n) is 11.8. The van der Waals surface area contributed by atoms with Crippen LogP contribution in [0.5, 0.6) is 0 Å². The first-order valence-corrected chi connectivity index (χ1v) is 20.1. The summed E-state index contributed by atoms with van der Waals surface area (Å²) >= 11 is -2.79. The molecule has 2 aliphatic rings. The van der Waals surface area contributed by atoms with E-state index in [-0.39, 0.29) is 0 Å². The Morgan fingerprint density at radius 2 is 1.12 bits per heavy atom. The zero-order valence-electron chi connectivity index (χ0n) is 26.0. The van der Waals surface area contributed by atoms with E-state index in [0.717, 1.165) is 25.7 Å². The molecule has 212 valence electrons. The maximum absolute atomic E-state index is 2.79. The van der Waals surface area contributed by atoms with Crippen molar-refractivity contribution < 1.29 is 21.3 Å². The van der Waals surface area contributed by atoms with E-state index in [9.17, 15) is 0 Å². The van der Waals surface area contributed by atoms with E-state index in [1.165, 1.54) is 39.8 Å². The maximum atomic E-state index is 2.67. The Morgan fingerprint density at radius 3 is 1.55 bits per heavy atom. The summed E-state index contributed by atoms with van der Waals surface area (Å²) in [6.45, 7) is 11.8. The van der Waals surface area contributed by atoms with Gasteiger partial charge in [-0.25, -0.2) is 0 Å². The first-order chi connectivity index (χ1) is 20.6. The molecule has 0 amide bonds. The summed E-state index contributed by atoms with van der Waals surface area (Å²) in [5.74, 6) is 0.544. The molecule has 4 aromatic rings. The molecule has 0 spiro atoms. The van der Waals surface area contributed by atoms with Gasteiger partial charge in [0.2, 0.25) is 0 Å². The Hall–Kier alpha value is -2.89. The zero-order chi connectivity index (χ0) is 29.2. The number of hydrogen-bond donors (Lipinski definition) is 0. The summed E-state index contributed by atoms with van der Waals surface area (Å²) in [5, 5.41) is 0. The van der Waals surface area contributed by atoms with Gasteiger partial charge >= 0.3 is 263 Å². The molecule has 6 rings (SSSR count). The van der Waals surface area contributed by atoms with Crippen molar-refractivity contribution in [1.29, 1.82) is 0 Å². The van der Waals surface area contributed by atoms with Crippen LogP contribution in [0.25, 0.3) is 11.1 Å². The average Bonchev–Trinajstić information content (AvgIpc) is 3.58. The molecular formula is C41H44Zr. The van der Waals surface area contributed by atoms with Gasteiger partial charge in [0.05, 0.1) is 0 Å². The van der Waals surface area contributed by atoms with Crippen LogP contribution in [0.2, 0.25) is 0 Å². The molecule has 0 nitrogen and oxygen atoms in total. The van der Waals surface area contributed by atoms with Crippen LogP contribution < -0.4 is 0 Å². The fraction of sp³-hybridized carbons (Fsp3) is 0.293. The molecule has 4 aromatic carbocycles. The normalized spacial score (nSPS) is 15.9. The first kappa shape index (κ1) is 29.2. The standard InChI is InChI=1S/C17H17.C13H10.C11H17.Zr/c1-3-12-5-7-16-14(9-12)11-15-10-13(4-2)6-8-17(15)16;1-3-7-12(8-4-1)11-13-9-5-2-6-10-13;1-4-9-7-10(5-2)11(6-3)8-9;/h5-11H,3-4H2,1-2H3;1-10H;7,9H,4-6H2,1-3H3;. The molecule has 1 unspecified atom stereocenters. The first-order valence-electron chi connectivity index (χ1n) is 16.2. The van der Waals surface area contributed by atoms with E-state index in [4.69, 9.17) is 0 Å². The molecule has 0 bridgehead atoms. The van der Waals surface area contributed by atoms with Gasteiger partial charge in [-0.15, -0.1) is 0 Å². The molecule has 0 fully saturated rings. The van der Waals surface area contributed by atoms with Gasteiger partial charge in [0.15, 0.2) is 0 Å². The summed E-state index contributed by atoms with van der Waals surface area (Å²) in [5.41, 5.74) is 15.2. The summed E-state index contributed by atoms with van der Waals surface area (Å²) in [7, 11) is 0. The Kier molecular flexibility index (Phi) is 8.88. The topological polar surface area (TPSA) is 0 Å². The molecule has 0 aliphatic heterocycles. The Balaban J connectivity index is 1.80. The fourth-order valence-electron chi connectivity index (χ4n) is 7.49. The van der Waals surface area contributed by atoms with Gasteiger partial charge in [-0.1, -0.05) is 0 Å². The predicted molar refractivity (Wildman–Crippen MR) is 178 cm³/mol. The van der Waals surface area contributed by atoms with Crippen molar-refractivity contribution in [2.75, 3.05) is 0 Å². The number of hydrogen-bond acceptors (Lipinski definition) is 0. The molecule has 0 saturated heterocycles. The van der Waals surface area contributed by atoms with Gasteiger partial charge in [0.25, 0.3) is 0 Å². The van der Waals surface area contributed by atoms with Crippen molar-refractivity contribution in [3.05, 3.63) is 151 Å².